The molecule has 0 aliphatic heterocycles. The van der Waals surface area contributed by atoms with Gasteiger partial charge in [0.15, 0.2) is 5.13 Å². The van der Waals surface area contributed by atoms with Gasteiger partial charge in [0.1, 0.15) is 17.3 Å². The van der Waals surface area contributed by atoms with Gasteiger partial charge in [-0.3, -0.25) is 10.1 Å². The third kappa shape index (κ3) is 2.70. The molecule has 0 radical (unpaired) electrons. The molecule has 0 spiro atoms. The van der Waals surface area contributed by atoms with Crippen molar-refractivity contribution in [3.63, 3.8) is 0 Å². The van der Waals surface area contributed by atoms with Gasteiger partial charge in [0.25, 0.3) is 5.91 Å². The van der Waals surface area contributed by atoms with Crippen molar-refractivity contribution in [1.29, 1.82) is 0 Å². The molecule has 19 heavy (non-hydrogen) atoms. The number of anilines is 2. The van der Waals surface area contributed by atoms with Crippen molar-refractivity contribution >= 4 is 28.1 Å². The lowest BCUT2D eigenvalue weighted by atomic mass is 10.2. The molecule has 1 amide bonds. The van der Waals surface area contributed by atoms with E-state index in [9.17, 15) is 13.6 Å². The lowest BCUT2D eigenvalue weighted by molar-refractivity contribution is 0.102. The lowest BCUT2D eigenvalue weighted by Gasteiger charge is -2.04. The predicted molar refractivity (Wildman–Crippen MR) is 70.3 cm³/mol. The molecule has 100 valence electrons. The summed E-state index contributed by atoms with van der Waals surface area (Å²) in [6, 6.07) is 1.78. The summed E-state index contributed by atoms with van der Waals surface area (Å²) in [4.78, 5) is 16.9. The molecule has 0 saturated carbocycles. The molecule has 7 heteroatoms. The van der Waals surface area contributed by atoms with Crippen molar-refractivity contribution in [2.24, 2.45) is 0 Å². The van der Waals surface area contributed by atoms with Crippen LogP contribution in [0.4, 0.5) is 19.6 Å². The molecule has 0 atom stereocenters. The Balaban J connectivity index is 2.25. The first-order valence-corrected chi connectivity index (χ1v) is 6.20. The van der Waals surface area contributed by atoms with Crippen LogP contribution in [0.2, 0.25) is 0 Å². The summed E-state index contributed by atoms with van der Waals surface area (Å²) in [7, 11) is 0. The Morgan fingerprint density at radius 2 is 1.89 bits per heavy atom. The minimum Gasteiger partial charge on any atom is -0.394 e. The number of carbonyl (C=O) groups excluding carboxylic acids is 1. The fourth-order valence-corrected chi connectivity index (χ4v) is 2.22. The van der Waals surface area contributed by atoms with Crippen LogP contribution < -0.4 is 11.1 Å². The number of carbonyl (C=O) groups is 1. The van der Waals surface area contributed by atoms with Gasteiger partial charge < -0.3 is 5.73 Å². The number of nitrogen functional groups attached to an aromatic ring is 1. The number of nitrogens with one attached hydrogen (secondary N) is 1. The van der Waals surface area contributed by atoms with Crippen LogP contribution in [0, 0.1) is 25.5 Å². The van der Waals surface area contributed by atoms with E-state index in [1.165, 1.54) is 11.3 Å². The number of amides is 1. The van der Waals surface area contributed by atoms with Crippen molar-refractivity contribution in [1.82, 2.24) is 4.98 Å². The molecule has 4 nitrogen and oxygen atoms in total. The van der Waals surface area contributed by atoms with Crippen LogP contribution in [0.1, 0.15) is 20.9 Å². The van der Waals surface area contributed by atoms with Gasteiger partial charge in [0.05, 0.1) is 5.69 Å². The van der Waals surface area contributed by atoms with Gasteiger partial charge in [-0.2, -0.15) is 0 Å². The molecule has 0 aliphatic carbocycles. The highest BCUT2D eigenvalue weighted by Gasteiger charge is 2.14. The number of rotatable bonds is 2. The first kappa shape index (κ1) is 13.4. The molecule has 1 aromatic carbocycles. The summed E-state index contributed by atoms with van der Waals surface area (Å²) in [5.41, 5.74) is 5.19. The molecule has 1 heterocycles. The van der Waals surface area contributed by atoms with E-state index in [2.05, 4.69) is 10.3 Å². The van der Waals surface area contributed by atoms with Gasteiger partial charge >= 0.3 is 0 Å². The number of benzene rings is 1. The Kier molecular flexibility index (Phi) is 3.48. The summed E-state index contributed by atoms with van der Waals surface area (Å²) < 4.78 is 26.5. The molecule has 0 bridgehead atoms. The van der Waals surface area contributed by atoms with E-state index in [4.69, 9.17) is 5.73 Å². The van der Waals surface area contributed by atoms with Crippen molar-refractivity contribution in [2.45, 2.75) is 13.8 Å². The molecule has 2 rings (SSSR count). The monoisotopic (exact) mass is 283 g/mol. The second kappa shape index (κ2) is 4.93. The van der Waals surface area contributed by atoms with Crippen LogP contribution in [0.25, 0.3) is 0 Å². The minimum atomic E-state index is -0.961. The van der Waals surface area contributed by atoms with Crippen molar-refractivity contribution < 1.29 is 13.6 Å². The van der Waals surface area contributed by atoms with Crippen LogP contribution in [0.15, 0.2) is 12.1 Å². The first-order chi connectivity index (χ1) is 8.88. The number of aryl methyl sites for hydroxylation is 2. The number of nitrogens with zero attached hydrogens (tertiary/aromatic N) is 1. The Morgan fingerprint density at radius 3 is 2.37 bits per heavy atom. The van der Waals surface area contributed by atoms with Crippen molar-refractivity contribution in [2.75, 3.05) is 11.1 Å². The Bertz CT molecular complexity index is 612. The Hall–Kier alpha value is -2.02. The first-order valence-electron chi connectivity index (χ1n) is 5.38. The van der Waals surface area contributed by atoms with Gasteiger partial charge in [-0.1, -0.05) is 0 Å². The van der Waals surface area contributed by atoms with E-state index in [0.717, 1.165) is 22.7 Å². The number of aromatic nitrogens is 1. The maximum atomic E-state index is 13.2. The highest BCUT2D eigenvalue weighted by molar-refractivity contribution is 7.15. The van der Waals surface area contributed by atoms with E-state index in [1.807, 2.05) is 13.8 Å². The van der Waals surface area contributed by atoms with Gasteiger partial charge in [0.2, 0.25) is 0 Å². The zero-order chi connectivity index (χ0) is 14.2. The standard InChI is InChI=1S/C12H11F2N3OS/c1-5-6(2)19-12(16-5)17-11(18)7-3-8(13)10(15)9(14)4-7/h3-4H,15H2,1-2H3,(H,16,17,18). The molecule has 2 aromatic rings. The number of hydrogen-bond donors (Lipinski definition) is 2. The number of nitrogens with two attached hydrogens (primary N) is 1. The maximum Gasteiger partial charge on any atom is 0.257 e. The van der Waals surface area contributed by atoms with Crippen molar-refractivity contribution in [3.05, 3.63) is 39.9 Å². The third-order valence-corrected chi connectivity index (χ3v) is 3.58. The number of thiazole rings is 1. The smallest absolute Gasteiger partial charge is 0.257 e. The minimum absolute atomic E-state index is 0.144. The molecular weight excluding hydrogens is 272 g/mol. The molecule has 0 aliphatic rings. The second-order valence-electron chi connectivity index (χ2n) is 3.97. The fraction of sp³-hybridized carbons (Fsp3) is 0.167. The molecular formula is C12H11F2N3OS. The predicted octanol–water partition coefficient (Wildman–Crippen LogP) is 2.87. The summed E-state index contributed by atoms with van der Waals surface area (Å²) in [6.07, 6.45) is 0. The second-order valence-corrected chi connectivity index (χ2v) is 5.17. The molecule has 1 aromatic heterocycles. The van der Waals surface area contributed by atoms with Crippen LogP contribution in [-0.4, -0.2) is 10.9 Å². The highest BCUT2D eigenvalue weighted by atomic mass is 32.1. The summed E-state index contributed by atoms with van der Waals surface area (Å²) in [5.74, 6) is -2.56. The molecule has 0 saturated heterocycles. The Morgan fingerprint density at radius 1 is 1.32 bits per heavy atom. The zero-order valence-electron chi connectivity index (χ0n) is 10.3. The molecule has 0 unspecified atom stereocenters. The van der Waals surface area contributed by atoms with E-state index in [1.54, 1.807) is 0 Å². The van der Waals surface area contributed by atoms with Gasteiger partial charge in [-0.25, -0.2) is 13.8 Å². The largest absolute Gasteiger partial charge is 0.394 e. The van der Waals surface area contributed by atoms with Crippen LogP contribution in [0.3, 0.4) is 0 Å². The molecule has 3 N–H and O–H groups in total. The van der Waals surface area contributed by atoms with Gasteiger partial charge in [-0.15, -0.1) is 11.3 Å². The van der Waals surface area contributed by atoms with E-state index >= 15 is 0 Å². The van der Waals surface area contributed by atoms with Crippen molar-refractivity contribution in [3.8, 4) is 0 Å². The normalized spacial score (nSPS) is 10.5. The highest BCUT2D eigenvalue weighted by Crippen LogP contribution is 2.23. The fourth-order valence-electron chi connectivity index (χ4n) is 1.41. The van der Waals surface area contributed by atoms with E-state index < -0.39 is 23.2 Å². The summed E-state index contributed by atoms with van der Waals surface area (Å²) in [6.45, 7) is 3.68. The average Bonchev–Trinajstić information content (AvgIpc) is 2.64. The zero-order valence-corrected chi connectivity index (χ0v) is 11.1. The van der Waals surface area contributed by atoms with Crippen LogP contribution >= 0.6 is 11.3 Å². The average molecular weight is 283 g/mol. The number of hydrogen-bond acceptors (Lipinski definition) is 4. The topological polar surface area (TPSA) is 68.0 Å². The summed E-state index contributed by atoms with van der Waals surface area (Å²) >= 11 is 1.29. The Labute approximate surface area is 112 Å². The third-order valence-electron chi connectivity index (χ3n) is 2.59. The van der Waals surface area contributed by atoms with E-state index in [-0.39, 0.29) is 5.56 Å². The summed E-state index contributed by atoms with van der Waals surface area (Å²) in [5, 5.41) is 2.87. The maximum absolute atomic E-state index is 13.2. The lowest BCUT2D eigenvalue weighted by Crippen LogP contribution is -2.13. The SMILES string of the molecule is Cc1nc(NC(=O)c2cc(F)c(N)c(F)c2)sc1C. The number of halogens is 2. The van der Waals surface area contributed by atoms with Gasteiger partial charge in [0, 0.05) is 10.4 Å². The van der Waals surface area contributed by atoms with E-state index in [0.29, 0.717) is 5.13 Å². The molecule has 0 fully saturated rings. The van der Waals surface area contributed by atoms with Gasteiger partial charge in [-0.05, 0) is 26.0 Å². The van der Waals surface area contributed by atoms with Crippen LogP contribution in [-0.2, 0) is 0 Å². The quantitative estimate of drug-likeness (QED) is 0.833. The van der Waals surface area contributed by atoms with Crippen LogP contribution in [0.5, 0.6) is 0 Å².